The Balaban J connectivity index is 1.68. The van der Waals surface area contributed by atoms with Crippen LogP contribution in [0.4, 0.5) is 5.69 Å². The zero-order valence-electron chi connectivity index (χ0n) is 16.2. The summed E-state index contributed by atoms with van der Waals surface area (Å²) in [6.07, 6.45) is 0.157. The van der Waals surface area contributed by atoms with E-state index in [9.17, 15) is 9.59 Å². The van der Waals surface area contributed by atoms with Gasteiger partial charge in [0.1, 0.15) is 0 Å². The van der Waals surface area contributed by atoms with E-state index in [4.69, 9.17) is 15.9 Å². The average molecular weight is 414 g/mol. The Hall–Kier alpha value is -4.53. The molecule has 0 saturated carbocycles. The van der Waals surface area contributed by atoms with Crippen molar-refractivity contribution in [3.8, 4) is 0 Å². The largest absolute Gasteiger partial charge is 0.407 e. The van der Waals surface area contributed by atoms with E-state index in [1.807, 2.05) is 48.5 Å². The van der Waals surface area contributed by atoms with Crippen LogP contribution >= 0.6 is 0 Å². The number of aromatic amines is 1. The van der Waals surface area contributed by atoms with Gasteiger partial charge in [-0.2, -0.15) is 4.99 Å². The first kappa shape index (κ1) is 19.8. The van der Waals surface area contributed by atoms with Crippen molar-refractivity contribution in [1.82, 2.24) is 4.98 Å². The number of hydrogen-bond acceptors (Lipinski definition) is 6. The normalized spacial score (nSPS) is 15.9. The van der Waals surface area contributed by atoms with E-state index in [2.05, 4.69) is 20.3 Å². The lowest BCUT2D eigenvalue weighted by molar-refractivity contribution is -0.117. The second-order valence-electron chi connectivity index (χ2n) is 6.59. The molecule has 1 unspecified atom stereocenters. The molecule has 5 N–H and O–H groups in total. The van der Waals surface area contributed by atoms with E-state index in [0.717, 1.165) is 11.1 Å². The first-order chi connectivity index (χ1) is 15.0. The monoisotopic (exact) mass is 414 g/mol. The molecule has 0 fully saturated rings. The highest BCUT2D eigenvalue weighted by Gasteiger charge is 2.26. The van der Waals surface area contributed by atoms with E-state index < -0.39 is 18.1 Å². The van der Waals surface area contributed by atoms with Crippen LogP contribution in [0.5, 0.6) is 0 Å². The van der Waals surface area contributed by atoms with Crippen LogP contribution in [0.1, 0.15) is 16.7 Å². The number of aliphatic imine (C=N–C) groups is 2. The SMILES string of the molecule is N=C(O/C(N)=N/C1N=C(c2ccccc2)c2ccccc2NC1=O)c1cc[nH]c(=O)c1. The Morgan fingerprint density at radius 1 is 1.06 bits per heavy atom. The zero-order chi connectivity index (χ0) is 21.8. The summed E-state index contributed by atoms with van der Waals surface area (Å²) in [7, 11) is 0. The average Bonchev–Trinajstić information content (AvgIpc) is 2.90. The number of ether oxygens (including phenoxy) is 1. The van der Waals surface area contributed by atoms with Crippen molar-refractivity contribution in [2.45, 2.75) is 6.17 Å². The van der Waals surface area contributed by atoms with E-state index in [-0.39, 0.29) is 17.0 Å². The predicted molar refractivity (Wildman–Crippen MR) is 118 cm³/mol. The molecule has 31 heavy (non-hydrogen) atoms. The standard InChI is InChI=1S/C22H18N6O3/c23-19(14-10-11-25-17(29)12-14)31-22(24)28-20-21(30)26-16-9-5-4-8-15(16)18(27-20)13-6-2-1-3-7-13/h1-12,20,23H,(H2,24,28)(H,25,29)(H,26,30). The van der Waals surface area contributed by atoms with Gasteiger partial charge in [-0.15, -0.1) is 0 Å². The third-order valence-electron chi connectivity index (χ3n) is 4.47. The topological polar surface area (TPSA) is 146 Å². The van der Waals surface area contributed by atoms with Crippen molar-refractivity contribution in [2.24, 2.45) is 15.7 Å². The number of nitrogens with one attached hydrogen (secondary N) is 3. The Labute approximate surface area is 176 Å². The molecule has 154 valence electrons. The van der Waals surface area contributed by atoms with Gasteiger partial charge in [-0.25, -0.2) is 4.99 Å². The second-order valence-corrected chi connectivity index (χ2v) is 6.59. The van der Waals surface area contributed by atoms with Gasteiger partial charge < -0.3 is 20.8 Å². The summed E-state index contributed by atoms with van der Waals surface area (Å²) in [6.45, 7) is 0. The molecule has 3 aromatic rings. The number of aromatic nitrogens is 1. The van der Waals surface area contributed by atoms with E-state index >= 15 is 0 Å². The van der Waals surface area contributed by atoms with Crippen LogP contribution in [0.3, 0.4) is 0 Å². The maximum atomic E-state index is 12.8. The smallest absolute Gasteiger partial charge is 0.291 e. The molecule has 9 nitrogen and oxygen atoms in total. The summed E-state index contributed by atoms with van der Waals surface area (Å²) in [5, 5.41) is 10.8. The number of pyridine rings is 1. The fourth-order valence-electron chi connectivity index (χ4n) is 3.06. The number of benzene rings is 2. The number of carbonyl (C=O) groups is 1. The molecule has 4 rings (SSSR count). The predicted octanol–water partition coefficient (Wildman–Crippen LogP) is 1.85. The van der Waals surface area contributed by atoms with Crippen LogP contribution in [-0.2, 0) is 9.53 Å². The van der Waals surface area contributed by atoms with Crippen LogP contribution < -0.4 is 16.6 Å². The quantitative estimate of drug-likeness (QED) is 0.383. The van der Waals surface area contributed by atoms with Gasteiger partial charge >= 0.3 is 0 Å². The third kappa shape index (κ3) is 4.40. The Kier molecular flexibility index (Phi) is 5.39. The van der Waals surface area contributed by atoms with Crippen molar-refractivity contribution < 1.29 is 9.53 Å². The summed E-state index contributed by atoms with van der Waals surface area (Å²) in [6, 6.07) is 19.0. The molecule has 0 spiro atoms. The van der Waals surface area contributed by atoms with Crippen LogP contribution in [0.2, 0.25) is 0 Å². The zero-order valence-corrected chi connectivity index (χ0v) is 16.2. The molecule has 0 saturated heterocycles. The second kappa shape index (κ2) is 8.46. The Bertz CT molecular complexity index is 1260. The van der Waals surface area contributed by atoms with E-state index in [1.165, 1.54) is 18.3 Å². The van der Waals surface area contributed by atoms with Gasteiger partial charge in [0.15, 0.2) is 0 Å². The van der Waals surface area contributed by atoms with Crippen molar-refractivity contribution in [3.05, 3.63) is 100.0 Å². The van der Waals surface area contributed by atoms with Gasteiger partial charge in [0, 0.05) is 29.0 Å². The number of carbonyl (C=O) groups excluding carboxylic acids is 1. The van der Waals surface area contributed by atoms with E-state index in [0.29, 0.717) is 11.4 Å². The summed E-state index contributed by atoms with van der Waals surface area (Å²) in [5.41, 5.74) is 8.39. The van der Waals surface area contributed by atoms with Crippen LogP contribution in [0, 0.1) is 5.41 Å². The summed E-state index contributed by atoms with van der Waals surface area (Å²) < 4.78 is 5.21. The van der Waals surface area contributed by atoms with Gasteiger partial charge in [-0.3, -0.25) is 15.0 Å². The summed E-state index contributed by atoms with van der Waals surface area (Å²) >= 11 is 0. The minimum Gasteiger partial charge on any atom is -0.407 e. The molecule has 2 aromatic carbocycles. The summed E-state index contributed by atoms with van der Waals surface area (Å²) in [4.78, 5) is 35.2. The molecule has 2 heterocycles. The fourth-order valence-corrected chi connectivity index (χ4v) is 3.06. The van der Waals surface area contributed by atoms with Gasteiger partial charge in [-0.05, 0) is 12.1 Å². The van der Waals surface area contributed by atoms with Crippen LogP contribution in [0.15, 0.2) is 87.7 Å². The number of nitrogens with zero attached hydrogens (tertiary/aromatic N) is 2. The first-order valence-electron chi connectivity index (χ1n) is 9.33. The third-order valence-corrected chi connectivity index (χ3v) is 4.47. The molecule has 0 aliphatic carbocycles. The van der Waals surface area contributed by atoms with Gasteiger partial charge in [0.25, 0.3) is 11.9 Å². The number of hydrogen-bond donors (Lipinski definition) is 4. The molecule has 1 atom stereocenters. The van der Waals surface area contributed by atoms with Gasteiger partial charge in [0.2, 0.25) is 17.6 Å². The lowest BCUT2D eigenvalue weighted by Crippen LogP contribution is -2.29. The van der Waals surface area contributed by atoms with Crippen molar-refractivity contribution in [3.63, 3.8) is 0 Å². The first-order valence-corrected chi connectivity index (χ1v) is 9.33. The van der Waals surface area contributed by atoms with Crippen molar-refractivity contribution in [2.75, 3.05) is 5.32 Å². The number of H-pyrrole nitrogens is 1. The van der Waals surface area contributed by atoms with Crippen molar-refractivity contribution in [1.29, 1.82) is 5.41 Å². The van der Waals surface area contributed by atoms with E-state index in [1.54, 1.807) is 6.07 Å². The molecule has 0 radical (unpaired) electrons. The Morgan fingerprint density at radius 2 is 1.81 bits per heavy atom. The van der Waals surface area contributed by atoms with Crippen LogP contribution in [-0.4, -0.2) is 34.7 Å². The lowest BCUT2D eigenvalue weighted by atomic mass is 10.0. The number of rotatable bonds is 3. The summed E-state index contributed by atoms with van der Waals surface area (Å²) in [5.74, 6) is -0.871. The molecule has 1 aromatic heterocycles. The number of benzodiazepines with no additional fused rings is 1. The maximum absolute atomic E-state index is 12.8. The van der Waals surface area contributed by atoms with Gasteiger partial charge in [0.05, 0.1) is 11.4 Å². The molecular formula is C22H18N6O3. The number of para-hydroxylation sites is 1. The number of amidine groups is 1. The molecule has 0 bridgehead atoms. The van der Waals surface area contributed by atoms with Crippen molar-refractivity contribution >= 4 is 29.2 Å². The maximum Gasteiger partial charge on any atom is 0.291 e. The lowest BCUT2D eigenvalue weighted by Gasteiger charge is -2.09. The van der Waals surface area contributed by atoms with Gasteiger partial charge in [-0.1, -0.05) is 48.5 Å². The number of amides is 1. The number of nitrogens with two attached hydrogens (primary N) is 1. The molecule has 1 amide bonds. The molecule has 1 aliphatic rings. The fraction of sp³-hybridized carbons (Fsp3) is 0.0455. The number of anilines is 1. The number of fused-ring (bicyclic) bond motifs is 1. The molecule has 9 heteroatoms. The van der Waals surface area contributed by atoms with Crippen LogP contribution in [0.25, 0.3) is 0 Å². The minimum absolute atomic E-state index is 0.216. The highest BCUT2D eigenvalue weighted by Crippen LogP contribution is 2.24. The molecule has 1 aliphatic heterocycles. The highest BCUT2D eigenvalue weighted by molar-refractivity contribution is 6.19. The minimum atomic E-state index is -1.23. The highest BCUT2D eigenvalue weighted by atomic mass is 16.5. The molecular weight excluding hydrogens is 396 g/mol. The Morgan fingerprint density at radius 3 is 2.58 bits per heavy atom.